The molecule has 7 nitrogen and oxygen atoms in total. The minimum atomic E-state index is -0.639. The predicted molar refractivity (Wildman–Crippen MR) is 83.5 cm³/mol. The highest BCUT2D eigenvalue weighted by Crippen LogP contribution is 2.20. The minimum Gasteiger partial charge on any atom is -0.278 e. The van der Waals surface area contributed by atoms with E-state index in [0.717, 1.165) is 17.0 Å². The molecule has 1 rings (SSSR count). The molecule has 0 spiro atoms. The summed E-state index contributed by atoms with van der Waals surface area (Å²) < 4.78 is 0. The molecule has 122 valence electrons. The van der Waals surface area contributed by atoms with Crippen LogP contribution in [0.4, 0.5) is 5.69 Å². The summed E-state index contributed by atoms with van der Waals surface area (Å²) in [4.78, 5) is 36.2. The maximum atomic E-state index is 12.7. The van der Waals surface area contributed by atoms with Gasteiger partial charge in [-0.2, -0.15) is 5.26 Å². The Morgan fingerprint density at radius 3 is 2.35 bits per heavy atom. The largest absolute Gasteiger partial charge is 0.278 e. The number of nitro groups is 1. The third-order valence-electron chi connectivity index (χ3n) is 3.12. The molecule has 0 radical (unpaired) electrons. The van der Waals surface area contributed by atoms with E-state index in [1.165, 1.54) is 6.07 Å². The normalized spacial score (nSPS) is 10.5. The lowest BCUT2D eigenvalue weighted by Gasteiger charge is -2.24. The monoisotopic (exact) mass is 317 g/mol. The van der Waals surface area contributed by atoms with E-state index in [4.69, 9.17) is 5.26 Å². The molecule has 0 atom stereocenters. The highest BCUT2D eigenvalue weighted by molar-refractivity contribution is 6.06. The lowest BCUT2D eigenvalue weighted by atomic mass is 10.0. The van der Waals surface area contributed by atoms with Gasteiger partial charge in [-0.15, -0.1) is 0 Å². The summed E-state index contributed by atoms with van der Waals surface area (Å²) in [6, 6.07) is 5.20. The summed E-state index contributed by atoms with van der Waals surface area (Å²) >= 11 is 0. The molecule has 0 aliphatic heterocycles. The second kappa shape index (κ2) is 7.49. The molecule has 1 aromatic carbocycles. The van der Waals surface area contributed by atoms with Crippen LogP contribution in [0.15, 0.2) is 18.2 Å². The van der Waals surface area contributed by atoms with E-state index in [1.807, 2.05) is 13.8 Å². The van der Waals surface area contributed by atoms with Crippen molar-refractivity contribution in [3.8, 4) is 6.07 Å². The fourth-order valence-electron chi connectivity index (χ4n) is 2.02. The van der Waals surface area contributed by atoms with Crippen LogP contribution in [0, 0.1) is 33.3 Å². The second-order valence-electron chi connectivity index (χ2n) is 5.90. The van der Waals surface area contributed by atoms with Crippen molar-refractivity contribution in [2.75, 3.05) is 6.54 Å². The van der Waals surface area contributed by atoms with E-state index in [1.54, 1.807) is 19.9 Å². The summed E-state index contributed by atoms with van der Waals surface area (Å²) in [5, 5.41) is 19.9. The first-order valence-electron chi connectivity index (χ1n) is 7.23. The van der Waals surface area contributed by atoms with Gasteiger partial charge in [0.2, 0.25) is 5.91 Å². The summed E-state index contributed by atoms with van der Waals surface area (Å²) in [5.74, 6) is -1.26. The van der Waals surface area contributed by atoms with E-state index in [0.29, 0.717) is 0 Å². The van der Waals surface area contributed by atoms with Crippen molar-refractivity contribution in [1.82, 2.24) is 4.90 Å². The molecule has 23 heavy (non-hydrogen) atoms. The van der Waals surface area contributed by atoms with Gasteiger partial charge in [0.1, 0.15) is 6.07 Å². The van der Waals surface area contributed by atoms with E-state index < -0.39 is 10.8 Å². The lowest BCUT2D eigenvalue weighted by Crippen LogP contribution is -2.42. The van der Waals surface area contributed by atoms with E-state index in [-0.39, 0.29) is 41.1 Å². The average molecular weight is 317 g/mol. The first kappa shape index (κ1) is 18.3. The molecule has 0 aliphatic carbocycles. The van der Waals surface area contributed by atoms with Crippen molar-refractivity contribution < 1.29 is 14.5 Å². The molecule has 2 amide bonds. The van der Waals surface area contributed by atoms with E-state index in [9.17, 15) is 19.7 Å². The molecule has 0 fully saturated rings. The molecule has 0 saturated heterocycles. The van der Waals surface area contributed by atoms with Crippen molar-refractivity contribution in [2.45, 2.75) is 27.7 Å². The smallest absolute Gasteiger partial charge is 0.270 e. The molecule has 0 aliphatic rings. The Bertz CT molecular complexity index is 674. The first-order valence-corrected chi connectivity index (χ1v) is 7.23. The van der Waals surface area contributed by atoms with Crippen molar-refractivity contribution in [3.63, 3.8) is 0 Å². The van der Waals surface area contributed by atoms with Crippen LogP contribution in [0.25, 0.3) is 0 Å². The predicted octanol–water partition coefficient (Wildman–Crippen LogP) is 2.75. The number of imide groups is 1. The van der Waals surface area contributed by atoms with Crippen LogP contribution in [0.3, 0.4) is 0 Å². The molecule has 0 saturated carbocycles. The van der Waals surface area contributed by atoms with Gasteiger partial charge >= 0.3 is 0 Å². The Morgan fingerprint density at radius 1 is 1.30 bits per heavy atom. The van der Waals surface area contributed by atoms with Gasteiger partial charge in [0.25, 0.3) is 11.6 Å². The van der Waals surface area contributed by atoms with Gasteiger partial charge in [-0.05, 0) is 12.0 Å². The van der Waals surface area contributed by atoms with Gasteiger partial charge in [-0.25, -0.2) is 0 Å². The van der Waals surface area contributed by atoms with E-state index >= 15 is 0 Å². The number of non-ortho nitro benzene ring substituents is 1. The van der Waals surface area contributed by atoms with Crippen LogP contribution in [0.1, 0.15) is 43.6 Å². The summed E-state index contributed by atoms with van der Waals surface area (Å²) in [7, 11) is 0. The van der Waals surface area contributed by atoms with Gasteiger partial charge in [0.15, 0.2) is 0 Å². The van der Waals surface area contributed by atoms with Crippen LogP contribution in [0.5, 0.6) is 0 Å². The molecule has 0 N–H and O–H groups in total. The summed E-state index contributed by atoms with van der Waals surface area (Å²) in [6.07, 6.45) is 0. The standard InChI is InChI=1S/C16H19N3O4/c1-10(2)9-18(15(20)11(3)4)16(21)14-6-5-13(19(22)23)7-12(14)8-17/h5-7,10-11H,9H2,1-4H3. The van der Waals surface area contributed by atoms with Crippen LogP contribution in [0.2, 0.25) is 0 Å². The van der Waals surface area contributed by atoms with Crippen molar-refractivity contribution in [3.05, 3.63) is 39.4 Å². The summed E-state index contributed by atoms with van der Waals surface area (Å²) in [5.41, 5.74) is -0.397. The SMILES string of the molecule is CC(C)CN(C(=O)c1ccc([N+](=O)[O-])cc1C#N)C(=O)C(C)C. The Morgan fingerprint density at radius 2 is 1.91 bits per heavy atom. The van der Waals surface area contributed by atoms with Crippen molar-refractivity contribution in [2.24, 2.45) is 11.8 Å². The molecule has 0 aromatic heterocycles. The first-order chi connectivity index (χ1) is 10.7. The number of nitriles is 1. The molecular formula is C16H19N3O4. The number of carbonyl (C=O) groups excluding carboxylic acids is 2. The zero-order chi connectivity index (χ0) is 17.7. The van der Waals surface area contributed by atoms with Crippen LogP contribution >= 0.6 is 0 Å². The van der Waals surface area contributed by atoms with Crippen molar-refractivity contribution >= 4 is 17.5 Å². The van der Waals surface area contributed by atoms with Gasteiger partial charge in [0, 0.05) is 24.6 Å². The second-order valence-corrected chi connectivity index (χ2v) is 5.90. The van der Waals surface area contributed by atoms with Gasteiger partial charge < -0.3 is 0 Å². The number of nitrogens with zero attached hydrogens (tertiary/aromatic N) is 3. The molecule has 7 heteroatoms. The number of hydrogen-bond acceptors (Lipinski definition) is 5. The fourth-order valence-corrected chi connectivity index (χ4v) is 2.02. The number of amides is 2. The lowest BCUT2D eigenvalue weighted by molar-refractivity contribution is -0.384. The molecule has 1 aromatic rings. The average Bonchev–Trinajstić information content (AvgIpc) is 2.50. The quantitative estimate of drug-likeness (QED) is 0.613. The van der Waals surface area contributed by atoms with Gasteiger partial charge in [-0.3, -0.25) is 24.6 Å². The highest BCUT2D eigenvalue weighted by atomic mass is 16.6. The zero-order valence-electron chi connectivity index (χ0n) is 13.6. The Hall–Kier alpha value is -2.75. The molecular weight excluding hydrogens is 298 g/mol. The number of rotatable bonds is 5. The van der Waals surface area contributed by atoms with Gasteiger partial charge in [0.05, 0.1) is 16.1 Å². The minimum absolute atomic E-state index is 0.00671. The van der Waals surface area contributed by atoms with Crippen LogP contribution in [-0.2, 0) is 4.79 Å². The maximum absolute atomic E-state index is 12.7. The Labute approximate surface area is 134 Å². The number of hydrogen-bond donors (Lipinski definition) is 0. The van der Waals surface area contributed by atoms with Crippen LogP contribution < -0.4 is 0 Å². The Balaban J connectivity index is 3.31. The third-order valence-corrected chi connectivity index (χ3v) is 3.12. The highest BCUT2D eigenvalue weighted by Gasteiger charge is 2.28. The fraction of sp³-hybridized carbons (Fsp3) is 0.438. The molecule has 0 bridgehead atoms. The summed E-state index contributed by atoms with van der Waals surface area (Å²) in [6.45, 7) is 7.33. The van der Waals surface area contributed by atoms with E-state index in [2.05, 4.69) is 0 Å². The number of carbonyl (C=O) groups is 2. The number of nitro benzene ring substituents is 1. The Kier molecular flexibility index (Phi) is 5.96. The maximum Gasteiger partial charge on any atom is 0.270 e. The number of benzene rings is 1. The third kappa shape index (κ3) is 4.36. The van der Waals surface area contributed by atoms with Crippen LogP contribution in [-0.4, -0.2) is 28.2 Å². The van der Waals surface area contributed by atoms with Crippen molar-refractivity contribution in [1.29, 1.82) is 5.26 Å². The topological polar surface area (TPSA) is 104 Å². The molecule has 0 unspecified atom stereocenters. The molecule has 0 heterocycles. The van der Waals surface area contributed by atoms with Gasteiger partial charge in [-0.1, -0.05) is 27.7 Å². The zero-order valence-corrected chi connectivity index (χ0v) is 13.6.